The number of hydrogen-bond acceptors (Lipinski definition) is 4. The molecule has 2 rings (SSSR count). The van der Waals surface area contributed by atoms with Gasteiger partial charge in [-0.1, -0.05) is 13.0 Å². The molecule has 5 nitrogen and oxygen atoms in total. The second-order valence-electron chi connectivity index (χ2n) is 4.63. The summed E-state index contributed by atoms with van der Waals surface area (Å²) in [5, 5.41) is 9.71. The number of hydrogen-bond donors (Lipinski definition) is 3. The zero-order chi connectivity index (χ0) is 15.4. The van der Waals surface area contributed by atoms with Crippen LogP contribution in [0.5, 0.6) is 11.5 Å². The van der Waals surface area contributed by atoms with Crippen LogP contribution in [0.1, 0.15) is 30.7 Å². The molecule has 1 aromatic carbocycles. The third-order valence-electron chi connectivity index (χ3n) is 3.19. The van der Waals surface area contributed by atoms with E-state index in [1.54, 1.807) is 18.2 Å². The van der Waals surface area contributed by atoms with Gasteiger partial charge in [0.2, 0.25) is 0 Å². The summed E-state index contributed by atoms with van der Waals surface area (Å²) in [5.74, 6) is 0.519. The third kappa shape index (κ3) is 3.52. The Morgan fingerprint density at radius 2 is 2.05 bits per heavy atom. The van der Waals surface area contributed by atoms with Crippen molar-refractivity contribution in [2.24, 2.45) is 0 Å². The molecule has 0 fully saturated rings. The minimum absolute atomic E-state index is 0.0951. The molecule has 1 heterocycles. The van der Waals surface area contributed by atoms with Gasteiger partial charge in [-0.3, -0.25) is 9.78 Å². The smallest absolute Gasteiger partial charge is 0.255 e. The fourth-order valence-corrected chi connectivity index (χ4v) is 2.41. The number of aromatic amines is 2. The molecule has 1 aromatic heterocycles. The fraction of sp³-hybridized carbons (Fsp3) is 0.333. The molecule has 0 radical (unpaired) electrons. The van der Waals surface area contributed by atoms with Crippen molar-refractivity contribution in [3.05, 3.63) is 50.1 Å². The van der Waals surface area contributed by atoms with Gasteiger partial charge in [-0.15, -0.1) is 0 Å². The molecule has 0 saturated heterocycles. The molecular formula is C15H18N2O3S. The van der Waals surface area contributed by atoms with Gasteiger partial charge in [0, 0.05) is 17.7 Å². The highest BCUT2D eigenvalue weighted by Gasteiger charge is 2.10. The fourth-order valence-electron chi connectivity index (χ4n) is 2.19. The van der Waals surface area contributed by atoms with Gasteiger partial charge in [0.15, 0.2) is 16.3 Å². The molecule has 0 aliphatic rings. The van der Waals surface area contributed by atoms with E-state index in [0.29, 0.717) is 35.5 Å². The first-order valence-corrected chi connectivity index (χ1v) is 7.25. The van der Waals surface area contributed by atoms with E-state index in [1.807, 2.05) is 13.8 Å². The van der Waals surface area contributed by atoms with Gasteiger partial charge in [0.05, 0.1) is 6.61 Å². The summed E-state index contributed by atoms with van der Waals surface area (Å²) in [7, 11) is 0. The van der Waals surface area contributed by atoms with E-state index >= 15 is 0 Å². The second-order valence-corrected chi connectivity index (χ2v) is 5.04. The van der Waals surface area contributed by atoms with Crippen LogP contribution < -0.4 is 10.3 Å². The van der Waals surface area contributed by atoms with Crippen molar-refractivity contribution < 1.29 is 9.84 Å². The van der Waals surface area contributed by atoms with Gasteiger partial charge in [-0.25, -0.2) is 0 Å². The molecule has 0 amide bonds. The lowest BCUT2D eigenvalue weighted by atomic mass is 10.0. The Bertz CT molecular complexity index is 749. The predicted molar refractivity (Wildman–Crippen MR) is 83.7 cm³/mol. The molecule has 3 N–H and O–H groups in total. The van der Waals surface area contributed by atoms with Gasteiger partial charge in [0.1, 0.15) is 0 Å². The SMILES string of the molecule is CCOc1cc(Cc2c(CC)[nH]c(=S)[nH]c2=O)ccc1O. The summed E-state index contributed by atoms with van der Waals surface area (Å²) < 4.78 is 5.70. The molecule has 0 aliphatic carbocycles. The number of phenolic OH excluding ortho intramolecular Hbond substituents is 1. The van der Waals surface area contributed by atoms with E-state index in [2.05, 4.69) is 9.97 Å². The molecule has 2 aromatic rings. The van der Waals surface area contributed by atoms with Crippen LogP contribution >= 0.6 is 12.2 Å². The Morgan fingerprint density at radius 1 is 1.29 bits per heavy atom. The van der Waals surface area contributed by atoms with Crippen LogP contribution in [0, 0.1) is 4.77 Å². The van der Waals surface area contributed by atoms with Crippen molar-refractivity contribution in [3.8, 4) is 11.5 Å². The van der Waals surface area contributed by atoms with Crippen LogP contribution in [-0.4, -0.2) is 21.7 Å². The first-order valence-electron chi connectivity index (χ1n) is 6.84. The largest absolute Gasteiger partial charge is 0.504 e. The van der Waals surface area contributed by atoms with Crippen molar-refractivity contribution in [3.63, 3.8) is 0 Å². The summed E-state index contributed by atoms with van der Waals surface area (Å²) in [5.41, 5.74) is 2.19. The maximum atomic E-state index is 12.1. The van der Waals surface area contributed by atoms with Crippen LogP contribution in [0.25, 0.3) is 0 Å². The molecular weight excluding hydrogens is 288 g/mol. The summed E-state index contributed by atoms with van der Waals surface area (Å²) in [6.07, 6.45) is 1.14. The van der Waals surface area contributed by atoms with Crippen molar-refractivity contribution in [1.29, 1.82) is 0 Å². The van der Waals surface area contributed by atoms with Crippen LogP contribution in [0.4, 0.5) is 0 Å². The summed E-state index contributed by atoms with van der Waals surface area (Å²) in [4.78, 5) is 17.7. The zero-order valence-corrected chi connectivity index (χ0v) is 12.8. The number of phenols is 1. The number of aryl methyl sites for hydroxylation is 1. The van der Waals surface area contributed by atoms with Crippen molar-refractivity contribution in [1.82, 2.24) is 9.97 Å². The average Bonchev–Trinajstić information content (AvgIpc) is 2.45. The maximum absolute atomic E-state index is 12.1. The highest BCUT2D eigenvalue weighted by molar-refractivity contribution is 7.71. The van der Waals surface area contributed by atoms with E-state index in [1.165, 1.54) is 0 Å². The lowest BCUT2D eigenvalue weighted by molar-refractivity contribution is 0.318. The molecule has 0 aliphatic heterocycles. The monoisotopic (exact) mass is 306 g/mol. The maximum Gasteiger partial charge on any atom is 0.255 e. The van der Waals surface area contributed by atoms with Gasteiger partial charge < -0.3 is 14.8 Å². The van der Waals surface area contributed by atoms with E-state index in [4.69, 9.17) is 17.0 Å². The van der Waals surface area contributed by atoms with Crippen LogP contribution in [0.2, 0.25) is 0 Å². The minimum atomic E-state index is -0.179. The Kier molecular flexibility index (Phi) is 4.80. The molecule has 21 heavy (non-hydrogen) atoms. The molecule has 112 valence electrons. The molecule has 6 heteroatoms. The van der Waals surface area contributed by atoms with Gasteiger partial charge in [-0.05, 0) is 43.3 Å². The Hall–Kier alpha value is -2.08. The predicted octanol–water partition coefficient (Wildman–Crippen LogP) is 2.69. The van der Waals surface area contributed by atoms with Gasteiger partial charge in [0.25, 0.3) is 5.56 Å². The third-order valence-corrected chi connectivity index (χ3v) is 3.39. The quantitative estimate of drug-likeness (QED) is 0.742. The molecule has 0 saturated carbocycles. The first-order chi connectivity index (χ1) is 10.0. The number of rotatable bonds is 5. The van der Waals surface area contributed by atoms with Crippen LogP contribution in [0.15, 0.2) is 23.0 Å². The number of aromatic nitrogens is 2. The first kappa shape index (κ1) is 15.3. The summed E-state index contributed by atoms with van der Waals surface area (Å²) in [6.45, 7) is 4.28. The van der Waals surface area contributed by atoms with E-state index < -0.39 is 0 Å². The molecule has 0 bridgehead atoms. The Balaban J connectivity index is 2.41. The Morgan fingerprint density at radius 3 is 2.71 bits per heavy atom. The zero-order valence-electron chi connectivity index (χ0n) is 12.0. The molecule has 0 spiro atoms. The topological polar surface area (TPSA) is 78.1 Å². The highest BCUT2D eigenvalue weighted by Crippen LogP contribution is 2.27. The minimum Gasteiger partial charge on any atom is -0.504 e. The summed E-state index contributed by atoms with van der Waals surface area (Å²) in [6, 6.07) is 5.10. The van der Waals surface area contributed by atoms with Gasteiger partial charge in [-0.2, -0.15) is 0 Å². The van der Waals surface area contributed by atoms with E-state index in [0.717, 1.165) is 11.3 Å². The van der Waals surface area contributed by atoms with E-state index in [9.17, 15) is 9.90 Å². The average molecular weight is 306 g/mol. The number of benzene rings is 1. The van der Waals surface area contributed by atoms with Crippen LogP contribution in [-0.2, 0) is 12.8 Å². The van der Waals surface area contributed by atoms with Crippen molar-refractivity contribution in [2.45, 2.75) is 26.7 Å². The standard InChI is InChI=1S/C15H18N2O3S/c1-3-11-10(14(19)17-15(21)16-11)7-9-5-6-12(18)13(8-9)20-4-2/h5-6,8,18H,3-4,7H2,1-2H3,(H2,16,17,19,21). The molecule has 0 atom stereocenters. The lowest BCUT2D eigenvalue weighted by Crippen LogP contribution is -2.18. The highest BCUT2D eigenvalue weighted by atomic mass is 32.1. The number of nitrogens with one attached hydrogen (secondary N) is 2. The Labute approximate surface area is 127 Å². The molecule has 0 unspecified atom stereocenters. The van der Waals surface area contributed by atoms with E-state index in [-0.39, 0.29) is 11.3 Å². The van der Waals surface area contributed by atoms with Crippen molar-refractivity contribution in [2.75, 3.05) is 6.61 Å². The second kappa shape index (κ2) is 6.58. The lowest BCUT2D eigenvalue weighted by Gasteiger charge is -2.10. The number of H-pyrrole nitrogens is 2. The number of aromatic hydroxyl groups is 1. The number of ether oxygens (including phenoxy) is 1. The van der Waals surface area contributed by atoms with Crippen molar-refractivity contribution >= 4 is 12.2 Å². The van der Waals surface area contributed by atoms with Gasteiger partial charge >= 0.3 is 0 Å². The normalized spacial score (nSPS) is 10.6. The summed E-state index contributed by atoms with van der Waals surface area (Å²) >= 11 is 4.99. The van der Waals surface area contributed by atoms with Crippen LogP contribution in [0.3, 0.4) is 0 Å².